The van der Waals surface area contributed by atoms with E-state index in [1.807, 2.05) is 62.1 Å². The molecule has 3 aromatic rings. The van der Waals surface area contributed by atoms with Crippen LogP contribution in [0.2, 0.25) is 0 Å². The van der Waals surface area contributed by atoms with Crippen molar-refractivity contribution >= 4 is 29.1 Å². The molecule has 1 fully saturated rings. The highest BCUT2D eigenvalue weighted by atomic mass is 19.1. The Hall–Kier alpha value is -4.20. The van der Waals surface area contributed by atoms with Gasteiger partial charge >= 0.3 is 0 Å². The first-order valence-corrected chi connectivity index (χ1v) is 13.8. The Morgan fingerprint density at radius 2 is 1.57 bits per heavy atom. The van der Waals surface area contributed by atoms with E-state index < -0.39 is 0 Å². The molecule has 210 valence electrons. The Morgan fingerprint density at radius 1 is 0.900 bits per heavy atom. The monoisotopic (exact) mass is 544 g/mol. The fraction of sp³-hybridized carbons (Fsp3) is 0.344. The number of piperazine rings is 1. The number of rotatable bonds is 9. The SMILES string of the molecule is CC[C@H](C(=O)N1CCN(c2ccc(NC(=O)C(C)C)cc2C(=O)NCc2ccc(F)cc2)CC1)c1ccccc1. The number of carbonyl (C=O) groups is 3. The summed E-state index contributed by atoms with van der Waals surface area (Å²) in [6, 6.07) is 21.2. The second-order valence-corrected chi connectivity index (χ2v) is 10.4. The van der Waals surface area contributed by atoms with E-state index in [9.17, 15) is 18.8 Å². The minimum atomic E-state index is -0.336. The van der Waals surface area contributed by atoms with Gasteiger partial charge in [0.05, 0.1) is 11.5 Å². The fourth-order valence-corrected chi connectivity index (χ4v) is 4.86. The van der Waals surface area contributed by atoms with Gasteiger partial charge in [0.2, 0.25) is 11.8 Å². The van der Waals surface area contributed by atoms with E-state index in [-0.39, 0.29) is 41.9 Å². The summed E-state index contributed by atoms with van der Waals surface area (Å²) in [5.74, 6) is -1.03. The number of halogens is 1. The number of carbonyl (C=O) groups excluding carboxylic acids is 3. The van der Waals surface area contributed by atoms with Crippen molar-refractivity contribution in [1.82, 2.24) is 10.2 Å². The van der Waals surface area contributed by atoms with E-state index >= 15 is 0 Å². The Morgan fingerprint density at radius 3 is 2.20 bits per heavy atom. The predicted octanol–water partition coefficient (Wildman–Crippen LogP) is 5.19. The molecule has 1 atom stereocenters. The molecule has 0 spiro atoms. The third kappa shape index (κ3) is 7.05. The number of nitrogens with zero attached hydrogens (tertiary/aromatic N) is 2. The maximum Gasteiger partial charge on any atom is 0.253 e. The molecule has 1 heterocycles. The average molecular weight is 545 g/mol. The zero-order valence-electron chi connectivity index (χ0n) is 23.3. The lowest BCUT2D eigenvalue weighted by atomic mass is 9.94. The molecule has 7 nitrogen and oxygen atoms in total. The number of nitrogens with one attached hydrogen (secondary N) is 2. The summed E-state index contributed by atoms with van der Waals surface area (Å²) >= 11 is 0. The molecule has 0 bridgehead atoms. The third-order valence-corrected chi connectivity index (χ3v) is 7.24. The second kappa shape index (κ2) is 13.2. The molecule has 8 heteroatoms. The molecular formula is C32H37FN4O3. The lowest BCUT2D eigenvalue weighted by Crippen LogP contribution is -2.50. The number of hydrogen-bond donors (Lipinski definition) is 2. The molecular weight excluding hydrogens is 507 g/mol. The van der Waals surface area contributed by atoms with Crippen LogP contribution in [0, 0.1) is 11.7 Å². The van der Waals surface area contributed by atoms with Crippen molar-refractivity contribution in [3.05, 3.63) is 95.3 Å². The highest BCUT2D eigenvalue weighted by molar-refractivity contribution is 6.02. The average Bonchev–Trinajstić information content (AvgIpc) is 2.97. The van der Waals surface area contributed by atoms with Crippen molar-refractivity contribution in [1.29, 1.82) is 0 Å². The molecule has 3 amide bonds. The molecule has 0 unspecified atom stereocenters. The van der Waals surface area contributed by atoms with Crippen LogP contribution in [0.25, 0.3) is 0 Å². The zero-order chi connectivity index (χ0) is 28.6. The van der Waals surface area contributed by atoms with Crippen LogP contribution < -0.4 is 15.5 Å². The van der Waals surface area contributed by atoms with Crippen LogP contribution >= 0.6 is 0 Å². The van der Waals surface area contributed by atoms with Gasteiger partial charge in [0.1, 0.15) is 5.82 Å². The summed E-state index contributed by atoms with van der Waals surface area (Å²) in [5, 5.41) is 5.79. The lowest BCUT2D eigenvalue weighted by Gasteiger charge is -2.38. The van der Waals surface area contributed by atoms with Crippen molar-refractivity contribution in [3.8, 4) is 0 Å². The minimum Gasteiger partial charge on any atom is -0.367 e. The van der Waals surface area contributed by atoms with Crippen molar-refractivity contribution < 1.29 is 18.8 Å². The fourth-order valence-electron chi connectivity index (χ4n) is 4.86. The summed E-state index contributed by atoms with van der Waals surface area (Å²) < 4.78 is 13.3. The van der Waals surface area contributed by atoms with E-state index in [1.54, 1.807) is 24.3 Å². The maximum absolute atomic E-state index is 13.4. The molecule has 4 rings (SSSR count). The van der Waals surface area contributed by atoms with E-state index in [1.165, 1.54) is 12.1 Å². The molecule has 3 aromatic carbocycles. The molecule has 0 aliphatic carbocycles. The smallest absolute Gasteiger partial charge is 0.253 e. The number of amides is 3. The molecule has 1 aliphatic heterocycles. The lowest BCUT2D eigenvalue weighted by molar-refractivity contribution is -0.133. The quantitative estimate of drug-likeness (QED) is 0.388. The highest BCUT2D eigenvalue weighted by Crippen LogP contribution is 2.28. The summed E-state index contributed by atoms with van der Waals surface area (Å²) in [4.78, 5) is 43.1. The van der Waals surface area contributed by atoms with Gasteiger partial charge in [-0.05, 0) is 47.9 Å². The van der Waals surface area contributed by atoms with Crippen LogP contribution in [-0.4, -0.2) is 48.8 Å². The summed E-state index contributed by atoms with van der Waals surface area (Å²) in [7, 11) is 0. The van der Waals surface area contributed by atoms with Gasteiger partial charge < -0.3 is 20.4 Å². The zero-order valence-corrected chi connectivity index (χ0v) is 23.3. The first-order valence-electron chi connectivity index (χ1n) is 13.8. The molecule has 0 aromatic heterocycles. The third-order valence-electron chi connectivity index (χ3n) is 7.24. The van der Waals surface area contributed by atoms with Crippen LogP contribution in [0.5, 0.6) is 0 Å². The van der Waals surface area contributed by atoms with Crippen molar-refractivity contribution in [2.24, 2.45) is 5.92 Å². The highest BCUT2D eigenvalue weighted by Gasteiger charge is 2.29. The number of hydrogen-bond acceptors (Lipinski definition) is 4. The van der Waals surface area contributed by atoms with Crippen LogP contribution in [0.15, 0.2) is 72.8 Å². The maximum atomic E-state index is 13.4. The Kier molecular flexibility index (Phi) is 9.53. The topological polar surface area (TPSA) is 81.8 Å². The number of anilines is 2. The van der Waals surface area contributed by atoms with E-state index in [4.69, 9.17) is 0 Å². The Balaban J connectivity index is 1.50. The molecule has 1 saturated heterocycles. The molecule has 2 N–H and O–H groups in total. The van der Waals surface area contributed by atoms with Gasteiger partial charge in [0.15, 0.2) is 0 Å². The summed E-state index contributed by atoms with van der Waals surface area (Å²) in [5.41, 5.74) is 3.51. The molecule has 0 radical (unpaired) electrons. The van der Waals surface area contributed by atoms with E-state index in [0.717, 1.165) is 23.2 Å². The van der Waals surface area contributed by atoms with Gasteiger partial charge in [-0.2, -0.15) is 0 Å². The second-order valence-electron chi connectivity index (χ2n) is 10.4. The van der Waals surface area contributed by atoms with Crippen LogP contribution in [-0.2, 0) is 16.1 Å². The van der Waals surface area contributed by atoms with Gasteiger partial charge in [-0.25, -0.2) is 4.39 Å². The van der Waals surface area contributed by atoms with Gasteiger partial charge in [0, 0.05) is 50.0 Å². The van der Waals surface area contributed by atoms with E-state index in [0.29, 0.717) is 37.4 Å². The van der Waals surface area contributed by atoms with Crippen LogP contribution in [0.3, 0.4) is 0 Å². The van der Waals surface area contributed by atoms with Crippen molar-refractivity contribution in [2.75, 3.05) is 36.4 Å². The van der Waals surface area contributed by atoms with Gasteiger partial charge in [-0.3, -0.25) is 14.4 Å². The summed E-state index contributed by atoms with van der Waals surface area (Å²) in [6.07, 6.45) is 0.727. The predicted molar refractivity (Wildman–Crippen MR) is 156 cm³/mol. The standard InChI is InChI=1S/C32H37FN4O3/c1-4-27(24-8-6-5-7-9-24)32(40)37-18-16-36(17-19-37)29-15-14-26(35-30(38)22(2)3)20-28(29)31(39)34-21-23-10-12-25(33)13-11-23/h5-15,20,22,27H,4,16-19,21H2,1-3H3,(H,34,39)(H,35,38)/t27-/m0/s1. The summed E-state index contributed by atoms with van der Waals surface area (Å²) in [6.45, 7) is 8.13. The Bertz CT molecular complexity index is 1320. The van der Waals surface area contributed by atoms with Crippen LogP contribution in [0.4, 0.5) is 15.8 Å². The molecule has 0 saturated carbocycles. The minimum absolute atomic E-state index is 0.123. The van der Waals surface area contributed by atoms with E-state index in [2.05, 4.69) is 15.5 Å². The normalized spacial score (nSPS) is 14.1. The van der Waals surface area contributed by atoms with Crippen LogP contribution in [0.1, 0.15) is 54.6 Å². The first kappa shape index (κ1) is 28.8. The van der Waals surface area contributed by atoms with Crippen molar-refractivity contribution in [3.63, 3.8) is 0 Å². The van der Waals surface area contributed by atoms with Gasteiger partial charge in [0.25, 0.3) is 5.91 Å². The molecule has 1 aliphatic rings. The largest absolute Gasteiger partial charge is 0.367 e. The number of benzene rings is 3. The Labute approximate surface area is 235 Å². The first-order chi connectivity index (χ1) is 19.3. The molecule has 40 heavy (non-hydrogen) atoms. The van der Waals surface area contributed by atoms with Crippen molar-refractivity contribution in [2.45, 2.75) is 39.7 Å². The van der Waals surface area contributed by atoms with Gasteiger partial charge in [-0.15, -0.1) is 0 Å². The van der Waals surface area contributed by atoms with Gasteiger partial charge in [-0.1, -0.05) is 63.2 Å².